The van der Waals surface area contributed by atoms with Crippen LogP contribution in [0, 0.1) is 11.6 Å². The summed E-state index contributed by atoms with van der Waals surface area (Å²) >= 11 is 1.39. The Morgan fingerprint density at radius 2 is 1.77 bits per heavy atom. The average Bonchev–Trinajstić information content (AvgIpc) is 3.05. The summed E-state index contributed by atoms with van der Waals surface area (Å²) in [5.41, 5.74) is 1.11. The van der Waals surface area contributed by atoms with Gasteiger partial charge < -0.3 is 0 Å². The molecule has 26 heavy (non-hydrogen) atoms. The molecule has 2 aromatic carbocycles. The number of nitrogens with zero attached hydrogens (tertiary/aromatic N) is 4. The first-order valence-corrected chi connectivity index (χ1v) is 8.70. The monoisotopic (exact) mass is 370 g/mol. The fourth-order valence-corrected chi connectivity index (χ4v) is 3.40. The fourth-order valence-electron chi connectivity index (χ4n) is 2.52. The lowest BCUT2D eigenvalue weighted by Gasteiger charge is -2.06. The lowest BCUT2D eigenvalue weighted by molar-refractivity contribution is 0.626. The second kappa shape index (κ2) is 6.72. The number of hydrogen-bond acceptors (Lipinski definition) is 4. The first kappa shape index (κ1) is 16.5. The summed E-state index contributed by atoms with van der Waals surface area (Å²) in [6.07, 6.45) is 3.21. The minimum atomic E-state index is -0.425. The summed E-state index contributed by atoms with van der Waals surface area (Å²) in [7, 11) is 0. The van der Waals surface area contributed by atoms with Crippen molar-refractivity contribution < 1.29 is 8.78 Å². The summed E-state index contributed by atoms with van der Waals surface area (Å²) < 4.78 is 29.3. The van der Waals surface area contributed by atoms with Crippen LogP contribution in [0.4, 0.5) is 8.78 Å². The van der Waals surface area contributed by atoms with E-state index in [1.807, 2.05) is 0 Å². The van der Waals surface area contributed by atoms with Crippen LogP contribution in [-0.2, 0) is 5.75 Å². The van der Waals surface area contributed by atoms with E-state index >= 15 is 0 Å². The van der Waals surface area contributed by atoms with Crippen molar-refractivity contribution in [3.8, 4) is 5.69 Å². The minimum Gasteiger partial charge on any atom is -0.279 e. The van der Waals surface area contributed by atoms with Gasteiger partial charge in [-0.15, -0.1) is 10.2 Å². The summed E-state index contributed by atoms with van der Waals surface area (Å²) in [5, 5.41) is 8.56. The molecule has 0 atom stereocenters. The molecule has 0 fully saturated rings. The highest BCUT2D eigenvalue weighted by Crippen LogP contribution is 2.21. The second-order valence-electron chi connectivity index (χ2n) is 5.54. The van der Waals surface area contributed by atoms with Crippen molar-refractivity contribution >= 4 is 17.4 Å². The van der Waals surface area contributed by atoms with Gasteiger partial charge in [0, 0.05) is 18.1 Å². The first-order valence-electron chi connectivity index (χ1n) is 7.71. The normalized spacial score (nSPS) is 11.2. The van der Waals surface area contributed by atoms with Gasteiger partial charge in [-0.25, -0.2) is 8.78 Å². The van der Waals surface area contributed by atoms with Crippen LogP contribution >= 0.6 is 11.8 Å². The minimum absolute atomic E-state index is 0.151. The van der Waals surface area contributed by atoms with Crippen molar-refractivity contribution in [1.29, 1.82) is 0 Å². The van der Waals surface area contributed by atoms with E-state index in [0.29, 0.717) is 16.6 Å². The third-order valence-corrected chi connectivity index (χ3v) is 4.82. The first-order chi connectivity index (χ1) is 12.6. The molecular weight excluding hydrogens is 358 g/mol. The number of benzene rings is 2. The molecule has 0 bridgehead atoms. The predicted octanol–water partition coefficient (Wildman–Crippen LogP) is 3.45. The molecule has 0 aliphatic carbocycles. The number of hydrogen-bond donors (Lipinski definition) is 0. The van der Waals surface area contributed by atoms with Crippen molar-refractivity contribution in [2.75, 3.05) is 0 Å². The second-order valence-corrected chi connectivity index (χ2v) is 6.49. The van der Waals surface area contributed by atoms with Gasteiger partial charge in [-0.1, -0.05) is 30.0 Å². The predicted molar refractivity (Wildman–Crippen MR) is 94.5 cm³/mol. The van der Waals surface area contributed by atoms with E-state index in [1.54, 1.807) is 35.0 Å². The molecule has 0 unspecified atom stereocenters. The highest BCUT2D eigenvalue weighted by Gasteiger charge is 2.12. The van der Waals surface area contributed by atoms with Crippen LogP contribution < -0.4 is 5.56 Å². The number of rotatable bonds is 4. The van der Waals surface area contributed by atoms with E-state index in [4.69, 9.17) is 0 Å². The van der Waals surface area contributed by atoms with E-state index in [1.165, 1.54) is 46.7 Å². The summed E-state index contributed by atoms with van der Waals surface area (Å²) in [6, 6.07) is 12.0. The molecule has 0 aliphatic heterocycles. The van der Waals surface area contributed by atoms with Gasteiger partial charge >= 0.3 is 5.56 Å². The highest BCUT2D eigenvalue weighted by atomic mass is 32.2. The summed E-state index contributed by atoms with van der Waals surface area (Å²) in [5.74, 6) is -0.149. The average molecular weight is 370 g/mol. The Hall–Kier alpha value is -3.00. The Morgan fingerprint density at radius 3 is 2.54 bits per heavy atom. The molecule has 0 N–H and O–H groups in total. The van der Waals surface area contributed by atoms with E-state index < -0.39 is 5.82 Å². The van der Waals surface area contributed by atoms with Gasteiger partial charge in [-0.2, -0.15) is 0 Å². The maximum atomic E-state index is 13.4. The standard InChI is InChI=1S/C18H12F2N4OS/c19-13-6-4-12(5-7-13)11-26-18-22-21-16-17(25)23(8-9-24(16)18)15-3-1-2-14(20)10-15/h1-10H,11H2. The topological polar surface area (TPSA) is 52.2 Å². The molecule has 0 radical (unpaired) electrons. The van der Waals surface area contributed by atoms with Gasteiger partial charge in [-0.05, 0) is 35.9 Å². The van der Waals surface area contributed by atoms with Crippen molar-refractivity contribution in [2.45, 2.75) is 10.9 Å². The van der Waals surface area contributed by atoms with Crippen LogP contribution in [0.5, 0.6) is 0 Å². The maximum absolute atomic E-state index is 13.4. The van der Waals surface area contributed by atoms with Gasteiger partial charge in [0.15, 0.2) is 5.16 Å². The number of halogens is 2. The Labute approximate surface area is 150 Å². The fraction of sp³-hybridized carbons (Fsp3) is 0.0556. The third kappa shape index (κ3) is 3.11. The van der Waals surface area contributed by atoms with Gasteiger partial charge in [-0.3, -0.25) is 13.8 Å². The van der Waals surface area contributed by atoms with Crippen molar-refractivity contribution in [1.82, 2.24) is 19.2 Å². The summed E-state index contributed by atoms with van der Waals surface area (Å²) in [6.45, 7) is 0. The zero-order valence-corrected chi connectivity index (χ0v) is 14.2. The Bertz CT molecular complexity index is 1140. The molecule has 4 rings (SSSR count). The van der Waals surface area contributed by atoms with Crippen molar-refractivity contribution in [3.63, 3.8) is 0 Å². The van der Waals surface area contributed by atoms with E-state index in [-0.39, 0.29) is 17.0 Å². The quantitative estimate of drug-likeness (QED) is 0.517. The Balaban J connectivity index is 1.66. The van der Waals surface area contributed by atoms with Crippen LogP contribution in [0.1, 0.15) is 5.56 Å². The molecule has 2 heterocycles. The Kier molecular flexibility index (Phi) is 4.26. The van der Waals surface area contributed by atoms with Crippen LogP contribution in [0.3, 0.4) is 0 Å². The van der Waals surface area contributed by atoms with Crippen LogP contribution in [0.2, 0.25) is 0 Å². The SMILES string of the molecule is O=c1c2nnc(SCc3ccc(F)cc3)n2ccn1-c1cccc(F)c1. The molecule has 8 heteroatoms. The van der Waals surface area contributed by atoms with E-state index in [9.17, 15) is 13.6 Å². The van der Waals surface area contributed by atoms with Crippen molar-refractivity contribution in [3.05, 3.63) is 88.5 Å². The smallest absolute Gasteiger partial charge is 0.279 e. The van der Waals surface area contributed by atoms with E-state index in [0.717, 1.165) is 5.56 Å². The van der Waals surface area contributed by atoms with Gasteiger partial charge in [0.05, 0.1) is 5.69 Å². The molecule has 4 aromatic rings. The summed E-state index contributed by atoms with van der Waals surface area (Å²) in [4.78, 5) is 12.6. The lowest BCUT2D eigenvalue weighted by atomic mass is 10.2. The largest absolute Gasteiger partial charge is 0.300 e. The molecule has 0 saturated carbocycles. The van der Waals surface area contributed by atoms with Crippen LogP contribution in [-0.4, -0.2) is 19.2 Å². The van der Waals surface area contributed by atoms with Gasteiger partial charge in [0.25, 0.3) is 0 Å². The van der Waals surface area contributed by atoms with E-state index in [2.05, 4.69) is 10.2 Å². The zero-order chi connectivity index (χ0) is 18.1. The Morgan fingerprint density at radius 1 is 0.962 bits per heavy atom. The third-order valence-electron chi connectivity index (χ3n) is 3.81. The highest BCUT2D eigenvalue weighted by molar-refractivity contribution is 7.98. The number of thioether (sulfide) groups is 1. The van der Waals surface area contributed by atoms with Crippen LogP contribution in [0.25, 0.3) is 11.3 Å². The lowest BCUT2D eigenvalue weighted by Crippen LogP contribution is -2.20. The molecule has 0 saturated heterocycles. The molecule has 130 valence electrons. The molecular formula is C18H12F2N4OS. The molecule has 0 spiro atoms. The number of fused-ring (bicyclic) bond motifs is 1. The molecule has 5 nitrogen and oxygen atoms in total. The maximum Gasteiger partial charge on any atom is 0.300 e. The zero-order valence-electron chi connectivity index (χ0n) is 13.3. The number of aromatic nitrogens is 4. The van der Waals surface area contributed by atoms with Gasteiger partial charge in [0.2, 0.25) is 5.65 Å². The van der Waals surface area contributed by atoms with Crippen LogP contribution in [0.15, 0.2) is 70.9 Å². The van der Waals surface area contributed by atoms with Gasteiger partial charge in [0.1, 0.15) is 11.6 Å². The molecule has 0 amide bonds. The molecule has 2 aromatic heterocycles. The molecule has 0 aliphatic rings. The van der Waals surface area contributed by atoms with Crippen molar-refractivity contribution in [2.24, 2.45) is 0 Å².